The molecule has 0 radical (unpaired) electrons. The second-order valence-electron chi connectivity index (χ2n) is 6.96. The van der Waals surface area contributed by atoms with Crippen molar-refractivity contribution in [3.8, 4) is 5.75 Å². The molecule has 1 aromatic heterocycles. The number of nitrogens with one attached hydrogen (secondary N) is 1. The lowest BCUT2D eigenvalue weighted by molar-refractivity contribution is -0.119. The number of thiazole rings is 1. The number of ketones is 1. The van der Waals surface area contributed by atoms with Gasteiger partial charge in [-0.3, -0.25) is 9.59 Å². The highest BCUT2D eigenvalue weighted by Crippen LogP contribution is 2.15. The van der Waals surface area contributed by atoms with Gasteiger partial charge in [-0.1, -0.05) is 46.2 Å². The summed E-state index contributed by atoms with van der Waals surface area (Å²) >= 11 is 1.29. The van der Waals surface area contributed by atoms with Gasteiger partial charge in [0.25, 0.3) is 5.56 Å². The first-order valence-electron chi connectivity index (χ1n) is 8.49. The maximum Gasteiger partial charge on any atom is 0.266 e. The summed E-state index contributed by atoms with van der Waals surface area (Å²) in [6.07, 6.45) is 5.46. The van der Waals surface area contributed by atoms with E-state index in [1.807, 2.05) is 51.1 Å². The molecule has 1 heterocycles. The zero-order valence-electron chi connectivity index (χ0n) is 15.2. The Morgan fingerprint density at radius 1 is 1.24 bits per heavy atom. The van der Waals surface area contributed by atoms with Crippen molar-refractivity contribution in [2.24, 2.45) is 5.41 Å². The van der Waals surface area contributed by atoms with E-state index in [0.29, 0.717) is 15.8 Å². The highest BCUT2D eigenvalue weighted by Gasteiger charge is 2.18. The Hall–Kier alpha value is -2.14. The van der Waals surface area contributed by atoms with E-state index < -0.39 is 5.41 Å². The lowest BCUT2D eigenvalue weighted by Gasteiger charge is -2.12. The topological polar surface area (TPSA) is 59.2 Å². The summed E-state index contributed by atoms with van der Waals surface area (Å²) in [7, 11) is 0. The Kier molecular flexibility index (Phi) is 6.37. The second kappa shape index (κ2) is 8.30. The van der Waals surface area contributed by atoms with Gasteiger partial charge >= 0.3 is 0 Å². The van der Waals surface area contributed by atoms with Crippen LogP contribution >= 0.6 is 11.3 Å². The first-order valence-corrected chi connectivity index (χ1v) is 9.31. The number of aromatic nitrogens is 1. The summed E-state index contributed by atoms with van der Waals surface area (Å²) in [5.41, 5.74) is 0.281. The molecule has 5 heteroatoms. The number of ether oxygens (including phenoxy) is 1. The molecule has 4 nitrogen and oxygen atoms in total. The number of hydrogen-bond donors (Lipinski definition) is 1. The minimum atomic E-state index is -0.460. The monoisotopic (exact) mass is 359 g/mol. The van der Waals surface area contributed by atoms with Crippen LogP contribution in [0.4, 0.5) is 0 Å². The number of rotatable bonds is 6. The van der Waals surface area contributed by atoms with Crippen LogP contribution in [0.1, 0.15) is 46.1 Å². The van der Waals surface area contributed by atoms with E-state index in [-0.39, 0.29) is 11.3 Å². The van der Waals surface area contributed by atoms with Gasteiger partial charge in [-0.15, -0.1) is 11.3 Å². The van der Waals surface area contributed by atoms with E-state index in [9.17, 15) is 9.59 Å². The van der Waals surface area contributed by atoms with Crippen LogP contribution < -0.4 is 19.5 Å². The lowest BCUT2D eigenvalue weighted by Crippen LogP contribution is -2.22. The van der Waals surface area contributed by atoms with Gasteiger partial charge in [-0.2, -0.15) is 0 Å². The molecule has 2 aromatic rings. The fourth-order valence-corrected chi connectivity index (χ4v) is 2.89. The Labute approximate surface area is 151 Å². The van der Waals surface area contributed by atoms with Crippen LogP contribution in [0, 0.1) is 5.41 Å². The maximum absolute atomic E-state index is 12.1. The van der Waals surface area contributed by atoms with Gasteiger partial charge in [0.2, 0.25) is 0 Å². The molecule has 0 saturated carbocycles. The summed E-state index contributed by atoms with van der Waals surface area (Å²) in [6.45, 7) is 8.41. The predicted molar refractivity (Wildman–Crippen MR) is 104 cm³/mol. The molecule has 0 aliphatic rings. The van der Waals surface area contributed by atoms with E-state index >= 15 is 0 Å². The van der Waals surface area contributed by atoms with E-state index in [2.05, 4.69) is 11.9 Å². The number of carbonyl (C=O) groups excluding carboxylic acids is 1. The number of hydrogen-bond acceptors (Lipinski definition) is 4. The van der Waals surface area contributed by atoms with Crippen molar-refractivity contribution in [2.45, 2.75) is 40.5 Å². The van der Waals surface area contributed by atoms with Gasteiger partial charge in [0.15, 0.2) is 5.78 Å². The maximum atomic E-state index is 12.1. The first-order chi connectivity index (χ1) is 11.8. The minimum absolute atomic E-state index is 0.00914. The predicted octanol–water partition coefficient (Wildman–Crippen LogP) is 2.84. The van der Waals surface area contributed by atoms with Crippen LogP contribution in [0.25, 0.3) is 12.2 Å². The molecule has 2 rings (SSSR count). The van der Waals surface area contributed by atoms with Gasteiger partial charge in [-0.05, 0) is 30.2 Å². The van der Waals surface area contributed by atoms with Crippen molar-refractivity contribution in [1.82, 2.24) is 4.98 Å². The molecule has 0 spiro atoms. The van der Waals surface area contributed by atoms with Crippen molar-refractivity contribution in [1.29, 1.82) is 0 Å². The molecule has 134 valence electrons. The van der Waals surface area contributed by atoms with Crippen molar-refractivity contribution < 1.29 is 9.53 Å². The highest BCUT2D eigenvalue weighted by atomic mass is 32.1. The average molecular weight is 359 g/mol. The third kappa shape index (κ3) is 5.71. The smallest absolute Gasteiger partial charge is 0.266 e. The summed E-state index contributed by atoms with van der Waals surface area (Å²) in [4.78, 5) is 26.9. The molecule has 0 aliphatic heterocycles. The van der Waals surface area contributed by atoms with E-state index in [0.717, 1.165) is 24.2 Å². The molecule has 1 N–H and O–H groups in total. The number of carbonyl (C=O) groups is 1. The Morgan fingerprint density at radius 3 is 2.52 bits per heavy atom. The van der Waals surface area contributed by atoms with Crippen LogP contribution in [0.15, 0.2) is 29.1 Å². The fourth-order valence-electron chi connectivity index (χ4n) is 2.01. The number of Topliss-reactive ketones (excluding diaryl/α,β-unsaturated/α-hetero) is 1. The fraction of sp³-hybridized carbons (Fsp3) is 0.400. The SMILES string of the molecule is CCCCOc1ccc(/C=c2/s/c(=C/C(=O)C(C)(C)C)[nH]c2=O)cc1. The van der Waals surface area contributed by atoms with Crippen LogP contribution in [0.5, 0.6) is 5.75 Å². The number of unbranched alkanes of at least 4 members (excludes halogenated alkanes) is 1. The zero-order valence-corrected chi connectivity index (χ0v) is 16.0. The standard InChI is InChI=1S/C20H25NO3S/c1-5-6-11-24-15-9-7-14(8-10-15)12-16-19(23)21-18(25-16)13-17(22)20(2,3)4/h7-10,12-13H,5-6,11H2,1-4H3,(H,21,23)/b16-12+,18-13+. The largest absolute Gasteiger partial charge is 0.494 e. The van der Waals surface area contributed by atoms with E-state index in [4.69, 9.17) is 4.74 Å². The lowest BCUT2D eigenvalue weighted by atomic mass is 9.91. The van der Waals surface area contributed by atoms with E-state index in [1.54, 1.807) is 0 Å². The quantitative estimate of drug-likeness (QED) is 0.807. The highest BCUT2D eigenvalue weighted by molar-refractivity contribution is 7.07. The van der Waals surface area contributed by atoms with Crippen molar-refractivity contribution >= 4 is 29.3 Å². The van der Waals surface area contributed by atoms with Gasteiger partial charge in [-0.25, -0.2) is 0 Å². The molecule has 0 fully saturated rings. The summed E-state index contributed by atoms with van der Waals surface area (Å²) in [5.74, 6) is 0.820. The first kappa shape index (κ1) is 19.2. The molecule has 0 amide bonds. The molecule has 0 bridgehead atoms. The summed E-state index contributed by atoms with van der Waals surface area (Å²) in [5, 5.41) is 0. The van der Waals surface area contributed by atoms with Crippen LogP contribution in [-0.4, -0.2) is 17.4 Å². The number of aromatic amines is 1. The Balaban J connectivity index is 2.23. The molecular weight excluding hydrogens is 334 g/mol. The van der Waals surface area contributed by atoms with Gasteiger partial charge in [0, 0.05) is 11.5 Å². The third-order valence-corrected chi connectivity index (χ3v) is 4.59. The van der Waals surface area contributed by atoms with Crippen LogP contribution in [0.3, 0.4) is 0 Å². The van der Waals surface area contributed by atoms with E-state index in [1.165, 1.54) is 17.4 Å². The van der Waals surface area contributed by atoms with Gasteiger partial charge in [0.05, 0.1) is 15.8 Å². The Bertz CT molecular complexity index is 883. The molecule has 0 unspecified atom stereocenters. The molecular formula is C20H25NO3S. The zero-order chi connectivity index (χ0) is 18.4. The van der Waals surface area contributed by atoms with Crippen molar-refractivity contribution in [3.63, 3.8) is 0 Å². The summed E-state index contributed by atoms with van der Waals surface area (Å²) in [6, 6.07) is 7.65. The van der Waals surface area contributed by atoms with Crippen molar-refractivity contribution in [2.75, 3.05) is 6.61 Å². The molecule has 25 heavy (non-hydrogen) atoms. The molecule has 0 atom stereocenters. The number of H-pyrrole nitrogens is 1. The molecule has 0 aliphatic carbocycles. The molecule has 1 aromatic carbocycles. The second-order valence-corrected chi connectivity index (χ2v) is 8.04. The van der Waals surface area contributed by atoms with Crippen molar-refractivity contribution in [3.05, 3.63) is 49.4 Å². The molecule has 0 saturated heterocycles. The van der Waals surface area contributed by atoms with Gasteiger partial charge in [0.1, 0.15) is 5.75 Å². The Morgan fingerprint density at radius 2 is 1.92 bits per heavy atom. The normalized spacial score (nSPS) is 13.3. The minimum Gasteiger partial charge on any atom is -0.494 e. The average Bonchev–Trinajstić information content (AvgIpc) is 2.88. The van der Waals surface area contributed by atoms with Gasteiger partial charge < -0.3 is 9.72 Å². The summed E-state index contributed by atoms with van der Waals surface area (Å²) < 4.78 is 6.79. The van der Waals surface area contributed by atoms with Crippen LogP contribution in [-0.2, 0) is 4.79 Å². The third-order valence-electron chi connectivity index (χ3n) is 3.63. The van der Waals surface area contributed by atoms with Crippen LogP contribution in [0.2, 0.25) is 0 Å². The number of benzene rings is 1.